The molecule has 5 nitrogen and oxygen atoms in total. The Morgan fingerprint density at radius 1 is 1.41 bits per heavy atom. The van der Waals surface area contributed by atoms with Crippen LogP contribution in [0.1, 0.15) is 5.56 Å². The first-order valence-electron chi connectivity index (χ1n) is 4.73. The Kier molecular flexibility index (Phi) is 3.01. The van der Waals surface area contributed by atoms with E-state index in [9.17, 15) is 9.59 Å². The van der Waals surface area contributed by atoms with Crippen LogP contribution < -0.4 is 0 Å². The van der Waals surface area contributed by atoms with Crippen molar-refractivity contribution < 1.29 is 14.7 Å². The van der Waals surface area contributed by atoms with Crippen LogP contribution >= 0.6 is 11.6 Å². The van der Waals surface area contributed by atoms with Crippen molar-refractivity contribution in [2.24, 2.45) is 15.9 Å². The lowest BCUT2D eigenvalue weighted by Crippen LogP contribution is -2.28. The highest BCUT2D eigenvalue weighted by Crippen LogP contribution is 2.15. The molecule has 6 heteroatoms. The third-order valence-electron chi connectivity index (χ3n) is 2.18. The van der Waals surface area contributed by atoms with E-state index >= 15 is 0 Å². The van der Waals surface area contributed by atoms with Crippen molar-refractivity contribution in [3.8, 4) is 0 Å². The Labute approximate surface area is 101 Å². The Hall–Kier alpha value is -2.01. The number of carboxylic acid groups (broad SMARTS) is 1. The van der Waals surface area contributed by atoms with Crippen molar-refractivity contribution in [1.82, 2.24) is 0 Å². The SMILES string of the molecule is O=C(O)C1C=NC(c2cccc(Cl)c2)=NC1=O. The quantitative estimate of drug-likeness (QED) is 0.806. The van der Waals surface area contributed by atoms with Crippen LogP contribution in [0.15, 0.2) is 34.3 Å². The van der Waals surface area contributed by atoms with Gasteiger partial charge in [-0.05, 0) is 12.1 Å². The number of carboxylic acids is 1. The van der Waals surface area contributed by atoms with E-state index in [-0.39, 0.29) is 5.84 Å². The van der Waals surface area contributed by atoms with Gasteiger partial charge in [0.05, 0.1) is 0 Å². The normalized spacial score (nSPS) is 19.0. The molecule has 0 aromatic heterocycles. The van der Waals surface area contributed by atoms with E-state index in [2.05, 4.69) is 9.98 Å². The molecular weight excluding hydrogens is 244 g/mol. The van der Waals surface area contributed by atoms with Crippen molar-refractivity contribution in [3.05, 3.63) is 34.9 Å². The molecule has 1 atom stereocenters. The fraction of sp³-hybridized carbons (Fsp3) is 0.0909. The average molecular weight is 251 g/mol. The number of carbonyl (C=O) groups is 2. The number of aliphatic carboxylic acids is 1. The maximum atomic E-state index is 11.4. The van der Waals surface area contributed by atoms with Gasteiger partial charge in [0.2, 0.25) is 0 Å². The van der Waals surface area contributed by atoms with Gasteiger partial charge >= 0.3 is 5.97 Å². The third kappa shape index (κ3) is 2.39. The standard InChI is InChI=1S/C11H7ClN2O3/c12-7-3-1-2-6(4-7)9-13-5-8(11(16)17)10(15)14-9/h1-5,8H,(H,16,17). The molecule has 1 aliphatic rings. The molecule has 1 aromatic rings. The fourth-order valence-corrected chi connectivity index (χ4v) is 1.54. The molecule has 0 saturated heterocycles. The molecule has 1 amide bonds. The Morgan fingerprint density at radius 3 is 2.76 bits per heavy atom. The van der Waals surface area contributed by atoms with E-state index in [1.54, 1.807) is 24.3 Å². The van der Waals surface area contributed by atoms with Gasteiger partial charge in [0, 0.05) is 16.8 Å². The van der Waals surface area contributed by atoms with Gasteiger partial charge in [-0.1, -0.05) is 23.7 Å². The van der Waals surface area contributed by atoms with Gasteiger partial charge in [0.25, 0.3) is 5.91 Å². The van der Waals surface area contributed by atoms with Crippen LogP contribution in [0.25, 0.3) is 0 Å². The second-order valence-corrected chi connectivity index (χ2v) is 3.81. The number of amidine groups is 1. The average Bonchev–Trinajstić information content (AvgIpc) is 2.28. The number of halogens is 1. The first kappa shape index (κ1) is 11.5. The number of carbonyl (C=O) groups excluding carboxylic acids is 1. The number of benzene rings is 1. The van der Waals surface area contributed by atoms with E-state index in [4.69, 9.17) is 16.7 Å². The highest BCUT2D eigenvalue weighted by Gasteiger charge is 2.27. The van der Waals surface area contributed by atoms with E-state index in [0.717, 1.165) is 6.21 Å². The number of aliphatic imine (C=N–C) groups is 2. The van der Waals surface area contributed by atoms with Crippen LogP contribution in [0.5, 0.6) is 0 Å². The van der Waals surface area contributed by atoms with E-state index < -0.39 is 17.8 Å². The molecule has 86 valence electrons. The highest BCUT2D eigenvalue weighted by atomic mass is 35.5. The summed E-state index contributed by atoms with van der Waals surface area (Å²) in [5.74, 6) is -3.11. The van der Waals surface area contributed by atoms with E-state index in [1.165, 1.54) is 0 Å². The second kappa shape index (κ2) is 4.47. The second-order valence-electron chi connectivity index (χ2n) is 3.38. The Balaban J connectivity index is 2.32. The van der Waals surface area contributed by atoms with Crippen molar-refractivity contribution >= 4 is 35.5 Å². The van der Waals surface area contributed by atoms with E-state index in [0.29, 0.717) is 10.6 Å². The Morgan fingerprint density at radius 2 is 2.18 bits per heavy atom. The molecule has 1 aromatic carbocycles. The number of nitrogens with zero attached hydrogens (tertiary/aromatic N) is 2. The molecule has 1 heterocycles. The lowest BCUT2D eigenvalue weighted by molar-refractivity contribution is -0.142. The van der Waals surface area contributed by atoms with Gasteiger partial charge < -0.3 is 5.11 Å². The summed E-state index contributed by atoms with van der Waals surface area (Å²) in [6.45, 7) is 0. The van der Waals surface area contributed by atoms with Gasteiger partial charge in [0.15, 0.2) is 11.8 Å². The molecular formula is C11H7ClN2O3. The number of hydrogen-bond donors (Lipinski definition) is 1. The number of hydrogen-bond acceptors (Lipinski definition) is 3. The highest BCUT2D eigenvalue weighted by molar-refractivity contribution is 6.31. The monoisotopic (exact) mass is 250 g/mol. The molecule has 2 rings (SSSR count). The van der Waals surface area contributed by atoms with Crippen LogP contribution in [-0.4, -0.2) is 29.0 Å². The van der Waals surface area contributed by atoms with Crippen molar-refractivity contribution in [2.75, 3.05) is 0 Å². The summed E-state index contributed by atoms with van der Waals surface area (Å²) >= 11 is 5.79. The zero-order chi connectivity index (χ0) is 12.4. The van der Waals surface area contributed by atoms with Crippen LogP contribution in [0.2, 0.25) is 5.02 Å². The summed E-state index contributed by atoms with van der Waals surface area (Å²) in [6.07, 6.45) is 1.08. The predicted molar refractivity (Wildman–Crippen MR) is 62.6 cm³/mol. The number of amides is 1. The zero-order valence-electron chi connectivity index (χ0n) is 8.50. The van der Waals surface area contributed by atoms with Crippen LogP contribution in [-0.2, 0) is 9.59 Å². The molecule has 0 bridgehead atoms. The summed E-state index contributed by atoms with van der Waals surface area (Å²) in [5, 5.41) is 9.20. The molecule has 0 aliphatic carbocycles. The lowest BCUT2D eigenvalue weighted by Gasteiger charge is -2.09. The molecule has 0 fully saturated rings. The molecule has 0 radical (unpaired) electrons. The zero-order valence-corrected chi connectivity index (χ0v) is 9.26. The molecule has 1 unspecified atom stereocenters. The molecule has 1 N–H and O–H groups in total. The summed E-state index contributed by atoms with van der Waals surface area (Å²) in [4.78, 5) is 29.6. The van der Waals surface area contributed by atoms with Gasteiger partial charge in [-0.25, -0.2) is 4.99 Å². The van der Waals surface area contributed by atoms with Gasteiger partial charge in [-0.15, -0.1) is 0 Å². The molecule has 0 saturated carbocycles. The predicted octanol–water partition coefficient (Wildman–Crippen LogP) is 1.40. The summed E-state index contributed by atoms with van der Waals surface area (Å²) in [6, 6.07) is 6.67. The molecule has 0 spiro atoms. The van der Waals surface area contributed by atoms with Gasteiger partial charge in [-0.2, -0.15) is 4.99 Å². The molecule has 1 aliphatic heterocycles. The third-order valence-corrected chi connectivity index (χ3v) is 2.41. The Bertz CT molecular complexity index is 551. The topological polar surface area (TPSA) is 79.1 Å². The summed E-state index contributed by atoms with van der Waals surface area (Å²) < 4.78 is 0. The van der Waals surface area contributed by atoms with E-state index in [1.807, 2.05) is 0 Å². The minimum atomic E-state index is -1.29. The lowest BCUT2D eigenvalue weighted by atomic mass is 10.1. The van der Waals surface area contributed by atoms with Crippen molar-refractivity contribution in [3.63, 3.8) is 0 Å². The minimum absolute atomic E-state index is 0.176. The van der Waals surface area contributed by atoms with Crippen molar-refractivity contribution in [2.45, 2.75) is 0 Å². The summed E-state index contributed by atoms with van der Waals surface area (Å²) in [5.41, 5.74) is 0.575. The maximum absolute atomic E-state index is 11.4. The number of rotatable bonds is 2. The fourth-order valence-electron chi connectivity index (χ4n) is 1.35. The van der Waals surface area contributed by atoms with Crippen LogP contribution in [0, 0.1) is 5.92 Å². The van der Waals surface area contributed by atoms with Gasteiger partial charge in [-0.3, -0.25) is 9.59 Å². The largest absolute Gasteiger partial charge is 0.480 e. The minimum Gasteiger partial charge on any atom is -0.480 e. The first-order valence-corrected chi connectivity index (χ1v) is 5.11. The first-order chi connectivity index (χ1) is 8.08. The van der Waals surface area contributed by atoms with Crippen LogP contribution in [0.3, 0.4) is 0 Å². The van der Waals surface area contributed by atoms with Crippen molar-refractivity contribution in [1.29, 1.82) is 0 Å². The smallest absolute Gasteiger partial charge is 0.321 e. The van der Waals surface area contributed by atoms with Gasteiger partial charge in [0.1, 0.15) is 0 Å². The molecule has 17 heavy (non-hydrogen) atoms. The van der Waals surface area contributed by atoms with Crippen LogP contribution in [0.4, 0.5) is 0 Å². The maximum Gasteiger partial charge on any atom is 0.321 e. The summed E-state index contributed by atoms with van der Waals surface area (Å²) in [7, 11) is 0.